The van der Waals surface area contributed by atoms with Crippen LogP contribution in [0.1, 0.15) is 26.2 Å². The molecular weight excluding hydrogens is 244 g/mol. The maximum atomic E-state index is 11.9. The van der Waals surface area contributed by atoms with E-state index in [-0.39, 0.29) is 6.54 Å². The number of rotatable bonds is 4. The first-order chi connectivity index (χ1) is 7.94. The van der Waals surface area contributed by atoms with E-state index in [0.29, 0.717) is 30.8 Å². The number of urea groups is 1. The second-order valence-electron chi connectivity index (χ2n) is 4.12. The van der Waals surface area contributed by atoms with E-state index < -0.39 is 17.5 Å². The van der Waals surface area contributed by atoms with E-state index in [9.17, 15) is 14.7 Å². The van der Waals surface area contributed by atoms with Crippen LogP contribution >= 0.6 is 11.6 Å². The Bertz CT molecular complexity index is 346. The highest BCUT2D eigenvalue weighted by Gasteiger charge is 2.48. The number of hydrogen-bond donors (Lipinski definition) is 2. The van der Waals surface area contributed by atoms with Crippen LogP contribution in [0, 0.1) is 0 Å². The third-order valence-corrected chi connectivity index (χ3v) is 3.28. The van der Waals surface area contributed by atoms with Crippen LogP contribution in [0.4, 0.5) is 4.79 Å². The number of aliphatic carboxylic acids is 1. The number of amides is 2. The molecule has 0 aromatic rings. The summed E-state index contributed by atoms with van der Waals surface area (Å²) in [6, 6.07) is -0.395. The smallest absolute Gasteiger partial charge is 0.329 e. The summed E-state index contributed by atoms with van der Waals surface area (Å²) >= 11 is 5.55. The molecule has 1 fully saturated rings. The van der Waals surface area contributed by atoms with E-state index in [2.05, 4.69) is 11.9 Å². The van der Waals surface area contributed by atoms with E-state index in [0.717, 1.165) is 0 Å². The number of carboxylic acids is 1. The van der Waals surface area contributed by atoms with E-state index >= 15 is 0 Å². The summed E-state index contributed by atoms with van der Waals surface area (Å²) in [6.07, 6.45) is 1.60. The maximum Gasteiger partial charge on any atom is 0.329 e. The largest absolute Gasteiger partial charge is 0.479 e. The molecule has 1 unspecified atom stereocenters. The van der Waals surface area contributed by atoms with Crippen LogP contribution in [-0.4, -0.2) is 40.6 Å². The monoisotopic (exact) mass is 260 g/mol. The van der Waals surface area contributed by atoms with Crippen molar-refractivity contribution in [2.45, 2.75) is 31.7 Å². The van der Waals surface area contributed by atoms with Gasteiger partial charge in [-0.05, 0) is 19.3 Å². The van der Waals surface area contributed by atoms with Gasteiger partial charge in [0.05, 0.1) is 6.54 Å². The van der Waals surface area contributed by atoms with Gasteiger partial charge in [0.1, 0.15) is 5.54 Å². The zero-order chi connectivity index (χ0) is 13.1. The molecule has 1 aliphatic rings. The maximum absolute atomic E-state index is 11.9. The van der Waals surface area contributed by atoms with Gasteiger partial charge in [0.2, 0.25) is 0 Å². The minimum Gasteiger partial charge on any atom is -0.479 e. The van der Waals surface area contributed by atoms with Gasteiger partial charge in [-0.25, -0.2) is 9.59 Å². The molecule has 1 aliphatic heterocycles. The van der Waals surface area contributed by atoms with E-state index in [1.54, 1.807) is 6.92 Å². The molecule has 0 radical (unpaired) electrons. The highest BCUT2D eigenvalue weighted by atomic mass is 35.5. The lowest BCUT2D eigenvalue weighted by Crippen LogP contribution is -2.55. The summed E-state index contributed by atoms with van der Waals surface area (Å²) in [4.78, 5) is 24.6. The van der Waals surface area contributed by atoms with Crippen LogP contribution in [-0.2, 0) is 4.79 Å². The first-order valence-electron chi connectivity index (χ1n) is 5.56. The van der Waals surface area contributed by atoms with Gasteiger partial charge in [0.25, 0.3) is 0 Å². The second kappa shape index (κ2) is 5.40. The Hall–Kier alpha value is -1.23. The van der Waals surface area contributed by atoms with Gasteiger partial charge in [0, 0.05) is 11.6 Å². The highest BCUT2D eigenvalue weighted by molar-refractivity contribution is 6.29. The Morgan fingerprint density at radius 3 is 2.71 bits per heavy atom. The van der Waals surface area contributed by atoms with E-state index in [4.69, 9.17) is 11.6 Å². The van der Waals surface area contributed by atoms with Gasteiger partial charge in [-0.3, -0.25) is 0 Å². The molecule has 1 atom stereocenters. The van der Waals surface area contributed by atoms with Crippen LogP contribution in [0.2, 0.25) is 0 Å². The van der Waals surface area contributed by atoms with Crippen molar-refractivity contribution in [2.24, 2.45) is 0 Å². The Balaban J connectivity index is 2.77. The number of carbonyl (C=O) groups excluding carboxylic acids is 1. The summed E-state index contributed by atoms with van der Waals surface area (Å²) in [6.45, 7) is 5.85. The quantitative estimate of drug-likeness (QED) is 0.810. The zero-order valence-electron chi connectivity index (χ0n) is 9.83. The first-order valence-corrected chi connectivity index (χ1v) is 5.94. The fourth-order valence-corrected chi connectivity index (χ4v) is 2.25. The summed E-state index contributed by atoms with van der Waals surface area (Å²) in [5, 5.41) is 12.2. The molecule has 1 rings (SSSR count). The second-order valence-corrected chi connectivity index (χ2v) is 4.66. The number of likely N-dealkylation sites (tertiary alicyclic amines) is 1. The van der Waals surface area contributed by atoms with Crippen molar-refractivity contribution in [2.75, 3.05) is 13.1 Å². The van der Waals surface area contributed by atoms with Gasteiger partial charge in [-0.2, -0.15) is 0 Å². The average Bonchev–Trinajstić information content (AvgIpc) is 2.70. The lowest BCUT2D eigenvalue weighted by atomic mass is 9.93. The molecule has 0 spiro atoms. The van der Waals surface area contributed by atoms with Crippen LogP contribution < -0.4 is 5.32 Å². The normalized spacial score (nSPS) is 23.5. The number of nitrogens with one attached hydrogen (secondary N) is 1. The number of halogens is 1. The lowest BCUT2D eigenvalue weighted by molar-refractivity contribution is -0.148. The fourth-order valence-electron chi connectivity index (χ4n) is 2.18. The summed E-state index contributed by atoms with van der Waals surface area (Å²) in [5.41, 5.74) is -1.07. The molecule has 5 nitrogen and oxygen atoms in total. The molecule has 0 aromatic heterocycles. The van der Waals surface area contributed by atoms with Crippen molar-refractivity contribution in [1.82, 2.24) is 10.2 Å². The molecule has 96 valence electrons. The molecule has 1 saturated heterocycles. The van der Waals surface area contributed by atoms with Crippen LogP contribution in [0.15, 0.2) is 11.6 Å². The Morgan fingerprint density at radius 2 is 2.24 bits per heavy atom. The van der Waals surface area contributed by atoms with E-state index in [1.807, 2.05) is 0 Å². The van der Waals surface area contributed by atoms with Crippen molar-refractivity contribution in [3.05, 3.63) is 11.6 Å². The first kappa shape index (κ1) is 13.8. The van der Waals surface area contributed by atoms with Crippen molar-refractivity contribution in [1.29, 1.82) is 0 Å². The third-order valence-electron chi connectivity index (χ3n) is 3.15. The minimum absolute atomic E-state index is 0.149. The predicted octanol–water partition coefficient (Wildman–Crippen LogP) is 1.78. The standard InChI is InChI=1S/C11H17ClN2O3/c1-3-11(9(15)16)5-4-6-14(11)10(17)13-7-8(2)12/h2-7H2,1H3,(H,13,17)(H,15,16). The molecular formula is C11H17ClN2O3. The molecule has 0 aromatic carbocycles. The van der Waals surface area contributed by atoms with Crippen molar-refractivity contribution in [3.63, 3.8) is 0 Å². The molecule has 6 heteroatoms. The van der Waals surface area contributed by atoms with Gasteiger partial charge in [-0.15, -0.1) is 0 Å². The van der Waals surface area contributed by atoms with Crippen molar-refractivity contribution < 1.29 is 14.7 Å². The average molecular weight is 261 g/mol. The number of carboxylic acid groups (broad SMARTS) is 1. The number of nitrogens with zero attached hydrogens (tertiary/aromatic N) is 1. The SMILES string of the molecule is C=C(Cl)CNC(=O)N1CCCC1(CC)C(=O)O. The molecule has 17 heavy (non-hydrogen) atoms. The van der Waals surface area contributed by atoms with Gasteiger partial charge in [-0.1, -0.05) is 25.1 Å². The summed E-state index contributed by atoms with van der Waals surface area (Å²) < 4.78 is 0. The van der Waals surface area contributed by atoms with E-state index in [1.165, 1.54) is 4.90 Å². The third kappa shape index (κ3) is 2.72. The Labute approximate surface area is 105 Å². The predicted molar refractivity (Wildman–Crippen MR) is 65.0 cm³/mol. The van der Waals surface area contributed by atoms with Gasteiger partial charge >= 0.3 is 12.0 Å². The molecule has 0 aliphatic carbocycles. The molecule has 0 saturated carbocycles. The highest BCUT2D eigenvalue weighted by Crippen LogP contribution is 2.32. The molecule has 0 bridgehead atoms. The van der Waals surface area contributed by atoms with Gasteiger partial charge < -0.3 is 15.3 Å². The van der Waals surface area contributed by atoms with Crippen LogP contribution in [0.3, 0.4) is 0 Å². The molecule has 2 N–H and O–H groups in total. The zero-order valence-corrected chi connectivity index (χ0v) is 10.6. The van der Waals surface area contributed by atoms with Crippen LogP contribution in [0.25, 0.3) is 0 Å². The van der Waals surface area contributed by atoms with Crippen molar-refractivity contribution >= 4 is 23.6 Å². The lowest BCUT2D eigenvalue weighted by Gasteiger charge is -2.33. The molecule has 1 heterocycles. The Morgan fingerprint density at radius 1 is 1.59 bits per heavy atom. The summed E-state index contributed by atoms with van der Waals surface area (Å²) in [5.74, 6) is -0.947. The number of hydrogen-bond acceptors (Lipinski definition) is 2. The Kier molecular flexibility index (Phi) is 4.40. The molecule has 2 amide bonds. The van der Waals surface area contributed by atoms with Crippen molar-refractivity contribution in [3.8, 4) is 0 Å². The van der Waals surface area contributed by atoms with Crippen LogP contribution in [0.5, 0.6) is 0 Å². The number of carbonyl (C=O) groups is 2. The summed E-state index contributed by atoms with van der Waals surface area (Å²) in [7, 11) is 0. The topological polar surface area (TPSA) is 69.6 Å². The van der Waals surface area contributed by atoms with Gasteiger partial charge in [0.15, 0.2) is 0 Å². The minimum atomic E-state index is -1.07. The fraction of sp³-hybridized carbons (Fsp3) is 0.636.